The monoisotopic (exact) mass is 454 g/mol. The summed E-state index contributed by atoms with van der Waals surface area (Å²) in [7, 11) is -4.03. The van der Waals surface area contributed by atoms with Gasteiger partial charge in [0.2, 0.25) is 21.9 Å². The van der Waals surface area contributed by atoms with E-state index in [1.807, 2.05) is 0 Å². The molecule has 6 N–H and O–H groups in total. The molecule has 1 amide bonds. The van der Waals surface area contributed by atoms with Crippen molar-refractivity contribution in [2.45, 2.75) is 36.1 Å². The molecule has 0 aliphatic heterocycles. The molecule has 2 aromatic rings. The Balaban J connectivity index is 1.95. The van der Waals surface area contributed by atoms with E-state index in [4.69, 9.17) is 28.0 Å². The van der Waals surface area contributed by atoms with Gasteiger partial charge in [-0.2, -0.15) is 4.72 Å². The molecule has 10 nitrogen and oxygen atoms in total. The molecule has 1 aliphatic rings. The number of aromatic nitrogens is 1. The van der Waals surface area contributed by atoms with Crippen LogP contribution in [0.1, 0.15) is 25.7 Å². The second-order valence-electron chi connectivity index (χ2n) is 7.08. The van der Waals surface area contributed by atoms with Gasteiger partial charge in [-0.3, -0.25) is 15.2 Å². The fourth-order valence-corrected chi connectivity index (χ4v) is 5.19. The van der Waals surface area contributed by atoms with E-state index in [1.165, 1.54) is 24.5 Å². The third kappa shape index (κ3) is 4.33. The number of nitrogens with two attached hydrogens (primary N) is 1. The number of hydrogen-bond donors (Lipinski definition) is 5. The van der Waals surface area contributed by atoms with Crippen molar-refractivity contribution in [2.24, 2.45) is 5.73 Å². The highest BCUT2D eigenvalue weighted by Crippen LogP contribution is 2.33. The molecule has 1 aromatic carbocycles. The predicted molar refractivity (Wildman–Crippen MR) is 114 cm³/mol. The first-order valence-electron chi connectivity index (χ1n) is 9.31. The van der Waals surface area contributed by atoms with Crippen molar-refractivity contribution in [2.75, 3.05) is 17.6 Å². The minimum atomic E-state index is -4.03. The highest BCUT2D eigenvalue weighted by atomic mass is 35.5. The number of carbonyl (C=O) groups excluding carboxylic acids is 1. The maximum Gasteiger partial charge on any atom is 0.241 e. The van der Waals surface area contributed by atoms with Crippen LogP contribution in [-0.4, -0.2) is 49.1 Å². The average Bonchev–Trinajstić information content (AvgIpc) is 3.19. The molecule has 0 unspecified atom stereocenters. The van der Waals surface area contributed by atoms with Gasteiger partial charge in [-0.15, -0.1) is 0 Å². The van der Waals surface area contributed by atoms with Gasteiger partial charge < -0.3 is 16.2 Å². The van der Waals surface area contributed by atoms with Gasteiger partial charge in [-0.25, -0.2) is 12.8 Å². The van der Waals surface area contributed by atoms with Crippen LogP contribution in [0.15, 0.2) is 35.5 Å². The summed E-state index contributed by atoms with van der Waals surface area (Å²) in [5.74, 6) is -0.844. The maximum atomic E-state index is 13.1. The van der Waals surface area contributed by atoms with Crippen LogP contribution in [0, 0.1) is 5.41 Å². The lowest BCUT2D eigenvalue weighted by Gasteiger charge is -2.28. The third-order valence-electron chi connectivity index (χ3n) is 5.06. The molecule has 3 rings (SSSR count). The van der Waals surface area contributed by atoms with Gasteiger partial charge in [-0.05, 0) is 25.0 Å². The van der Waals surface area contributed by atoms with Crippen LogP contribution in [0.25, 0.3) is 10.8 Å². The Labute approximate surface area is 179 Å². The van der Waals surface area contributed by atoms with Crippen molar-refractivity contribution >= 4 is 50.1 Å². The zero-order chi connectivity index (χ0) is 21.9. The smallest absolute Gasteiger partial charge is 0.241 e. The fraction of sp³-hybridized carbons (Fsp3) is 0.389. The molecule has 0 saturated heterocycles. The molecule has 0 spiro atoms. The molecule has 30 heavy (non-hydrogen) atoms. The minimum absolute atomic E-state index is 0.0286. The zero-order valence-corrected chi connectivity index (χ0v) is 17.6. The standard InChI is InChI=1S/C18H23ClN6O4S/c19-25(17(20)21)15-11-22-10-12-9-13(3-4-14(12)15)30(28,29)24-18(5-1-2-6-18)16(27)23-7-8-26/h3-4,9-11,24,26H,1-2,5-8H2,(H3,20,21)(H,23,27). The minimum Gasteiger partial charge on any atom is -0.395 e. The Hall–Kier alpha value is -2.47. The number of aliphatic hydroxyl groups excluding tert-OH is 1. The summed E-state index contributed by atoms with van der Waals surface area (Å²) in [5.41, 5.74) is 4.51. The van der Waals surface area contributed by atoms with Crippen molar-refractivity contribution in [3.8, 4) is 0 Å². The molecule has 0 bridgehead atoms. The first-order chi connectivity index (χ1) is 14.2. The first kappa shape index (κ1) is 22.2. The number of hydrogen-bond acceptors (Lipinski definition) is 6. The summed E-state index contributed by atoms with van der Waals surface area (Å²) in [6.45, 7) is -0.176. The topological polar surface area (TPSA) is 161 Å². The van der Waals surface area contributed by atoms with Crippen molar-refractivity contribution in [3.05, 3.63) is 30.6 Å². The summed E-state index contributed by atoms with van der Waals surface area (Å²) >= 11 is 6.01. The molecule has 1 fully saturated rings. The molecule has 12 heteroatoms. The molecule has 0 radical (unpaired) electrons. The second-order valence-corrected chi connectivity index (χ2v) is 9.10. The summed E-state index contributed by atoms with van der Waals surface area (Å²) in [4.78, 5) is 16.6. The van der Waals surface area contributed by atoms with Gasteiger partial charge in [0.15, 0.2) is 0 Å². The zero-order valence-electron chi connectivity index (χ0n) is 16.1. The van der Waals surface area contributed by atoms with Crippen molar-refractivity contribution in [1.29, 1.82) is 5.41 Å². The number of aliphatic hydroxyl groups is 1. The van der Waals surface area contributed by atoms with E-state index < -0.39 is 27.4 Å². The van der Waals surface area contributed by atoms with Crippen molar-refractivity contribution in [3.63, 3.8) is 0 Å². The number of fused-ring (bicyclic) bond motifs is 1. The molecule has 0 atom stereocenters. The normalized spacial score (nSPS) is 15.8. The van der Waals surface area contributed by atoms with Gasteiger partial charge >= 0.3 is 0 Å². The number of rotatable bonds is 7. The Kier molecular flexibility index (Phi) is 6.46. The number of carbonyl (C=O) groups is 1. The number of pyridine rings is 1. The number of amides is 1. The Morgan fingerprint density at radius 2 is 2.03 bits per heavy atom. The molecule has 1 saturated carbocycles. The van der Waals surface area contributed by atoms with Gasteiger partial charge in [-0.1, -0.05) is 18.9 Å². The second kappa shape index (κ2) is 8.72. The summed E-state index contributed by atoms with van der Waals surface area (Å²) < 4.78 is 29.7. The number of nitrogens with one attached hydrogen (secondary N) is 3. The number of benzene rings is 1. The van der Waals surface area contributed by atoms with Crippen LogP contribution in [0.5, 0.6) is 0 Å². The predicted octanol–water partition coefficient (Wildman–Crippen LogP) is 0.788. The lowest BCUT2D eigenvalue weighted by molar-refractivity contribution is -0.126. The number of sulfonamides is 1. The van der Waals surface area contributed by atoms with Crippen LogP contribution in [-0.2, 0) is 14.8 Å². The van der Waals surface area contributed by atoms with E-state index in [0.29, 0.717) is 29.3 Å². The molecule has 1 heterocycles. The number of nitrogens with zero attached hydrogens (tertiary/aromatic N) is 2. The molecule has 1 aromatic heterocycles. The lowest BCUT2D eigenvalue weighted by Crippen LogP contribution is -2.57. The first-order valence-corrected chi connectivity index (χ1v) is 11.1. The average molecular weight is 455 g/mol. The molecular formula is C18H23ClN6O4S. The quantitative estimate of drug-likeness (QED) is 0.234. The van der Waals surface area contributed by atoms with Crippen molar-refractivity contribution < 1.29 is 18.3 Å². The summed E-state index contributed by atoms with van der Waals surface area (Å²) in [6, 6.07) is 4.37. The van der Waals surface area contributed by atoms with E-state index in [-0.39, 0.29) is 18.0 Å². The molecule has 162 valence electrons. The van der Waals surface area contributed by atoms with Gasteiger partial charge in [0.05, 0.1) is 23.4 Å². The van der Waals surface area contributed by atoms with Crippen LogP contribution in [0.4, 0.5) is 5.69 Å². The van der Waals surface area contributed by atoms with Crippen LogP contribution < -0.4 is 20.2 Å². The van der Waals surface area contributed by atoms with E-state index in [0.717, 1.165) is 17.3 Å². The van der Waals surface area contributed by atoms with Crippen LogP contribution >= 0.6 is 11.8 Å². The maximum absolute atomic E-state index is 13.1. The largest absolute Gasteiger partial charge is 0.395 e. The number of halogens is 1. The highest BCUT2D eigenvalue weighted by Gasteiger charge is 2.44. The molecule has 1 aliphatic carbocycles. The Morgan fingerprint density at radius 1 is 1.33 bits per heavy atom. The van der Waals surface area contributed by atoms with Crippen LogP contribution in [0.2, 0.25) is 0 Å². The van der Waals surface area contributed by atoms with E-state index in [9.17, 15) is 13.2 Å². The van der Waals surface area contributed by atoms with Gasteiger partial charge in [0, 0.05) is 35.3 Å². The number of anilines is 1. The lowest BCUT2D eigenvalue weighted by atomic mass is 9.98. The third-order valence-corrected chi connectivity index (χ3v) is 6.96. The van der Waals surface area contributed by atoms with E-state index >= 15 is 0 Å². The summed E-state index contributed by atoms with van der Waals surface area (Å²) in [5, 5.41) is 20.0. The Bertz CT molecular complexity index is 1070. The van der Waals surface area contributed by atoms with E-state index in [1.54, 1.807) is 6.07 Å². The van der Waals surface area contributed by atoms with E-state index in [2.05, 4.69) is 15.0 Å². The van der Waals surface area contributed by atoms with Crippen LogP contribution in [0.3, 0.4) is 0 Å². The summed E-state index contributed by atoms with van der Waals surface area (Å²) in [6.07, 6.45) is 5.09. The highest BCUT2D eigenvalue weighted by molar-refractivity contribution is 7.89. The molecular weight excluding hydrogens is 432 g/mol. The Morgan fingerprint density at radius 3 is 2.67 bits per heavy atom. The number of guanidine groups is 1. The SMILES string of the molecule is N=C(N)N(Cl)c1cncc2cc(S(=O)(=O)NC3(C(=O)NCCO)CCCC3)ccc12. The fourth-order valence-electron chi connectivity index (χ4n) is 3.60. The van der Waals surface area contributed by atoms with Gasteiger partial charge in [0.25, 0.3) is 0 Å². The van der Waals surface area contributed by atoms with Gasteiger partial charge in [0.1, 0.15) is 5.54 Å². The van der Waals surface area contributed by atoms with Crippen molar-refractivity contribution in [1.82, 2.24) is 15.0 Å².